The minimum Gasteiger partial charge on any atom is -0.461 e. The van der Waals surface area contributed by atoms with Gasteiger partial charge in [0.25, 0.3) is 11.8 Å². The summed E-state index contributed by atoms with van der Waals surface area (Å²) in [5, 5.41) is 4.61. The standard InChI is InChI=1S/C33H41F5N4O9/c1-17(2)25(39-28(45)21-7-9-22(10-8-21)31(48)41-11-13-49-14-12-41)30(47)40-29(46)24-15-23(50-19(5)43)16-42(24)26(18(3)4)27(51-20(6)44)32(34,35)33(36,37)38/h7-10,17-18,23-25H,11-16H2,1-6H3,(H,39,45)(H,40,46,47)/b27-26+/t23-,24+,25+/m1/s1. The molecule has 2 N–H and O–H groups in total. The van der Waals surface area contributed by atoms with E-state index in [1.54, 1.807) is 18.7 Å². The number of nitrogens with one attached hydrogen (secondary N) is 2. The van der Waals surface area contributed by atoms with E-state index in [4.69, 9.17) is 9.47 Å². The lowest BCUT2D eigenvalue weighted by atomic mass is 10.0. The van der Waals surface area contributed by atoms with Gasteiger partial charge >= 0.3 is 24.0 Å². The highest BCUT2D eigenvalue weighted by molar-refractivity contribution is 6.04. The number of benzene rings is 1. The predicted molar refractivity (Wildman–Crippen MR) is 168 cm³/mol. The zero-order chi connectivity index (χ0) is 38.4. The van der Waals surface area contributed by atoms with Crippen molar-refractivity contribution in [3.8, 4) is 0 Å². The van der Waals surface area contributed by atoms with E-state index in [1.807, 2.05) is 0 Å². The number of hydrogen-bond donors (Lipinski definition) is 2. The normalized spacial score (nSPS) is 19.3. The van der Waals surface area contributed by atoms with Crippen molar-refractivity contribution in [1.82, 2.24) is 20.4 Å². The van der Waals surface area contributed by atoms with Crippen molar-refractivity contribution in [1.29, 1.82) is 0 Å². The van der Waals surface area contributed by atoms with E-state index >= 15 is 0 Å². The van der Waals surface area contributed by atoms with Crippen molar-refractivity contribution in [2.75, 3.05) is 32.8 Å². The second kappa shape index (κ2) is 16.6. The zero-order valence-electron chi connectivity index (χ0n) is 28.9. The second-order valence-corrected chi connectivity index (χ2v) is 12.7. The smallest absolute Gasteiger partial charge is 0.461 e. The van der Waals surface area contributed by atoms with Crippen molar-refractivity contribution in [3.05, 3.63) is 46.8 Å². The average molecular weight is 733 g/mol. The van der Waals surface area contributed by atoms with Gasteiger partial charge in [-0.3, -0.25) is 34.1 Å². The molecule has 2 aliphatic heterocycles. The summed E-state index contributed by atoms with van der Waals surface area (Å²) in [6.07, 6.45) is -7.84. The molecule has 1 aromatic carbocycles. The fourth-order valence-corrected chi connectivity index (χ4v) is 5.66. The molecule has 0 unspecified atom stereocenters. The molecule has 51 heavy (non-hydrogen) atoms. The number of rotatable bonds is 11. The predicted octanol–water partition coefficient (Wildman–Crippen LogP) is 3.19. The summed E-state index contributed by atoms with van der Waals surface area (Å²) in [5.41, 5.74) is -0.469. The summed E-state index contributed by atoms with van der Waals surface area (Å²) < 4.78 is 85.4. The number of amides is 4. The Kier molecular flexibility index (Phi) is 13.3. The molecule has 2 fully saturated rings. The van der Waals surface area contributed by atoms with Gasteiger partial charge in [0.1, 0.15) is 18.2 Å². The van der Waals surface area contributed by atoms with Gasteiger partial charge in [-0.05, 0) is 36.1 Å². The second-order valence-electron chi connectivity index (χ2n) is 12.7. The number of hydrogen-bond acceptors (Lipinski definition) is 10. The summed E-state index contributed by atoms with van der Waals surface area (Å²) in [7, 11) is 0. The highest BCUT2D eigenvalue weighted by atomic mass is 19.4. The molecule has 13 nitrogen and oxygen atoms in total. The average Bonchev–Trinajstić information content (AvgIpc) is 3.44. The summed E-state index contributed by atoms with van der Waals surface area (Å²) >= 11 is 0. The largest absolute Gasteiger partial charge is 0.461 e. The fourth-order valence-electron chi connectivity index (χ4n) is 5.66. The summed E-state index contributed by atoms with van der Waals surface area (Å²) in [5.74, 6) is -15.1. The maximum Gasteiger partial charge on any atom is 0.461 e. The molecular formula is C33H41F5N4O9. The highest BCUT2D eigenvalue weighted by Gasteiger charge is 2.64. The van der Waals surface area contributed by atoms with Gasteiger partial charge in [0.15, 0.2) is 0 Å². The number of likely N-dealkylation sites (tertiary alicyclic amines) is 1. The van der Waals surface area contributed by atoms with Crippen LogP contribution in [0.3, 0.4) is 0 Å². The Balaban J connectivity index is 1.89. The van der Waals surface area contributed by atoms with Crippen LogP contribution in [0.25, 0.3) is 0 Å². The van der Waals surface area contributed by atoms with Gasteiger partial charge in [-0.15, -0.1) is 0 Å². The quantitative estimate of drug-likeness (QED) is 0.197. The van der Waals surface area contributed by atoms with Crippen LogP contribution in [-0.4, -0.2) is 109 Å². The van der Waals surface area contributed by atoms with Gasteiger partial charge < -0.3 is 29.3 Å². The number of morpholine rings is 1. The van der Waals surface area contributed by atoms with E-state index in [1.165, 1.54) is 38.1 Å². The molecule has 0 radical (unpaired) electrons. The van der Waals surface area contributed by atoms with Gasteiger partial charge in [-0.2, -0.15) is 22.0 Å². The lowest BCUT2D eigenvalue weighted by molar-refractivity contribution is -0.276. The number of carbonyl (C=O) groups excluding carboxylic acids is 6. The van der Waals surface area contributed by atoms with E-state index < -0.39 is 96.2 Å². The fraction of sp³-hybridized carbons (Fsp3) is 0.576. The summed E-state index contributed by atoms with van der Waals surface area (Å²) in [6.45, 7) is 8.27. The lowest BCUT2D eigenvalue weighted by Gasteiger charge is -2.34. The molecule has 4 amide bonds. The van der Waals surface area contributed by atoms with E-state index in [9.17, 15) is 50.7 Å². The maximum absolute atomic E-state index is 14.9. The van der Waals surface area contributed by atoms with Crippen molar-refractivity contribution < 1.29 is 64.9 Å². The SMILES string of the molecule is CC(=O)O/C(=C(\C(C)C)N1C[C@H](OC(C)=O)C[C@H]1C(=O)NC(=O)[C@@H](NC(=O)c1ccc(C(=O)N2CCOCC2)cc1)C(C)C)C(F)(F)C(F)(F)F. The molecule has 3 atom stereocenters. The minimum absolute atomic E-state index is 0.0831. The number of halogens is 5. The Morgan fingerprint density at radius 1 is 0.882 bits per heavy atom. The van der Waals surface area contributed by atoms with Crippen LogP contribution in [0.1, 0.15) is 68.7 Å². The Morgan fingerprint density at radius 3 is 1.94 bits per heavy atom. The van der Waals surface area contributed by atoms with Gasteiger partial charge in [0, 0.05) is 44.5 Å². The Hall–Kier alpha value is -4.61. The molecule has 2 heterocycles. The number of carbonyl (C=O) groups is 6. The third kappa shape index (κ3) is 10.0. The van der Waals surface area contributed by atoms with Gasteiger partial charge in [-0.25, -0.2) is 0 Å². The van der Waals surface area contributed by atoms with Crippen LogP contribution in [0.4, 0.5) is 22.0 Å². The summed E-state index contributed by atoms with van der Waals surface area (Å²) in [4.78, 5) is 78.8. The van der Waals surface area contributed by atoms with Gasteiger partial charge in [-0.1, -0.05) is 27.7 Å². The van der Waals surface area contributed by atoms with Crippen molar-refractivity contribution in [3.63, 3.8) is 0 Å². The summed E-state index contributed by atoms with van der Waals surface area (Å²) in [6, 6.07) is 2.65. The van der Waals surface area contributed by atoms with Crippen LogP contribution in [0.15, 0.2) is 35.7 Å². The molecule has 282 valence electrons. The van der Waals surface area contributed by atoms with E-state index in [0.29, 0.717) is 38.8 Å². The minimum atomic E-state index is -6.21. The van der Waals surface area contributed by atoms with Gasteiger partial charge in [0.2, 0.25) is 17.6 Å². The zero-order valence-corrected chi connectivity index (χ0v) is 28.9. The highest BCUT2D eigenvalue weighted by Crippen LogP contribution is 2.45. The first-order chi connectivity index (χ1) is 23.6. The van der Waals surface area contributed by atoms with Crippen LogP contribution in [-0.2, 0) is 33.4 Å². The third-order valence-corrected chi connectivity index (χ3v) is 8.05. The topological polar surface area (TPSA) is 161 Å². The van der Waals surface area contributed by atoms with Crippen molar-refractivity contribution in [2.24, 2.45) is 11.8 Å². The number of esters is 2. The van der Waals surface area contributed by atoms with Crippen molar-refractivity contribution in [2.45, 2.75) is 78.2 Å². The van der Waals surface area contributed by atoms with Crippen LogP contribution in [0, 0.1) is 11.8 Å². The molecule has 0 aliphatic carbocycles. The number of nitrogens with zero attached hydrogens (tertiary/aromatic N) is 2. The number of ether oxygens (including phenoxy) is 3. The molecule has 3 rings (SSSR count). The van der Waals surface area contributed by atoms with E-state index in [-0.39, 0.29) is 11.5 Å². The molecule has 0 saturated carbocycles. The first kappa shape index (κ1) is 40.8. The third-order valence-electron chi connectivity index (χ3n) is 8.05. The van der Waals surface area contributed by atoms with E-state index in [0.717, 1.165) is 11.8 Å². The number of alkyl halides is 5. The molecule has 2 saturated heterocycles. The first-order valence-corrected chi connectivity index (χ1v) is 16.1. The monoisotopic (exact) mass is 732 g/mol. The van der Waals surface area contributed by atoms with Crippen LogP contribution in [0.5, 0.6) is 0 Å². The molecule has 0 aromatic heterocycles. The Morgan fingerprint density at radius 2 is 1.45 bits per heavy atom. The van der Waals surface area contributed by atoms with E-state index in [2.05, 4.69) is 15.4 Å². The molecule has 1 aromatic rings. The molecule has 2 aliphatic rings. The Bertz CT molecular complexity index is 1520. The van der Waals surface area contributed by atoms with Crippen LogP contribution in [0.2, 0.25) is 0 Å². The molecule has 0 spiro atoms. The number of imide groups is 1. The van der Waals surface area contributed by atoms with Gasteiger partial charge in [0.05, 0.1) is 25.5 Å². The lowest BCUT2D eigenvalue weighted by Crippen LogP contribution is -2.54. The van der Waals surface area contributed by atoms with Crippen molar-refractivity contribution >= 4 is 35.6 Å². The molecule has 18 heteroatoms. The number of allylic oxidation sites excluding steroid dienone is 2. The first-order valence-electron chi connectivity index (χ1n) is 16.1. The maximum atomic E-state index is 14.9. The molecular weight excluding hydrogens is 691 g/mol. The Labute approximate surface area is 290 Å². The van der Waals surface area contributed by atoms with Crippen LogP contribution < -0.4 is 10.6 Å². The van der Waals surface area contributed by atoms with Crippen LogP contribution >= 0.6 is 0 Å². The molecule has 0 bridgehead atoms.